The van der Waals surface area contributed by atoms with E-state index in [1.165, 1.54) is 17.9 Å². The standard InChI is InChI=1S/C15H13N5O4/c1-18-9(12-16-11(17-24-12)10-5-4-6-23-10)7-8-13(18)19(2)15(22)20(3)14(8)21/h4-7H,1-3H3. The van der Waals surface area contributed by atoms with Gasteiger partial charge in [0.1, 0.15) is 11.3 Å². The normalized spacial score (nSPS) is 11.5. The molecule has 4 aromatic heterocycles. The van der Waals surface area contributed by atoms with Crippen molar-refractivity contribution in [2.75, 3.05) is 0 Å². The third-order valence-electron chi connectivity index (χ3n) is 4.01. The number of hydrogen-bond donors (Lipinski definition) is 0. The first kappa shape index (κ1) is 14.2. The highest BCUT2D eigenvalue weighted by Crippen LogP contribution is 2.26. The van der Waals surface area contributed by atoms with Gasteiger partial charge in [0.2, 0.25) is 5.82 Å². The van der Waals surface area contributed by atoms with Crippen LogP contribution in [0.15, 0.2) is 43.0 Å². The minimum Gasteiger partial charge on any atom is -0.461 e. The van der Waals surface area contributed by atoms with E-state index in [0.717, 1.165) is 4.57 Å². The van der Waals surface area contributed by atoms with Gasteiger partial charge >= 0.3 is 5.69 Å². The molecule has 0 atom stereocenters. The highest BCUT2D eigenvalue weighted by atomic mass is 16.5. The monoisotopic (exact) mass is 327 g/mol. The molecule has 0 saturated heterocycles. The van der Waals surface area contributed by atoms with Crippen molar-refractivity contribution in [3.8, 4) is 23.2 Å². The Morgan fingerprint density at radius 2 is 1.88 bits per heavy atom. The molecule has 0 aromatic carbocycles. The number of hydrogen-bond acceptors (Lipinski definition) is 6. The minimum absolute atomic E-state index is 0.231. The van der Waals surface area contributed by atoms with E-state index < -0.39 is 5.69 Å². The highest BCUT2D eigenvalue weighted by molar-refractivity contribution is 5.82. The second-order valence-electron chi connectivity index (χ2n) is 5.43. The maximum absolute atomic E-state index is 12.3. The van der Waals surface area contributed by atoms with E-state index in [2.05, 4.69) is 10.1 Å². The summed E-state index contributed by atoms with van der Waals surface area (Å²) in [4.78, 5) is 28.7. The molecule has 0 fully saturated rings. The Bertz CT molecular complexity index is 1170. The van der Waals surface area contributed by atoms with Crippen molar-refractivity contribution in [1.29, 1.82) is 0 Å². The van der Waals surface area contributed by atoms with Crippen LogP contribution < -0.4 is 11.2 Å². The van der Waals surface area contributed by atoms with Crippen LogP contribution >= 0.6 is 0 Å². The van der Waals surface area contributed by atoms with E-state index in [4.69, 9.17) is 8.94 Å². The molecule has 4 rings (SSSR count). The summed E-state index contributed by atoms with van der Waals surface area (Å²) in [5.74, 6) is 1.02. The van der Waals surface area contributed by atoms with Crippen LogP contribution in [-0.4, -0.2) is 23.8 Å². The lowest BCUT2D eigenvalue weighted by atomic mass is 10.3. The Morgan fingerprint density at radius 3 is 2.58 bits per heavy atom. The molecule has 4 heterocycles. The van der Waals surface area contributed by atoms with Crippen LogP contribution in [0.3, 0.4) is 0 Å². The van der Waals surface area contributed by atoms with Gasteiger partial charge < -0.3 is 13.5 Å². The summed E-state index contributed by atoms with van der Waals surface area (Å²) in [7, 11) is 4.78. The molecule has 0 bridgehead atoms. The second-order valence-corrected chi connectivity index (χ2v) is 5.43. The first-order valence-electron chi connectivity index (χ1n) is 7.12. The zero-order valence-electron chi connectivity index (χ0n) is 13.2. The van der Waals surface area contributed by atoms with Gasteiger partial charge in [-0.25, -0.2) is 4.79 Å². The van der Waals surface area contributed by atoms with Gasteiger partial charge in [-0.2, -0.15) is 4.98 Å². The smallest absolute Gasteiger partial charge is 0.332 e. The Labute approximate surface area is 134 Å². The van der Waals surface area contributed by atoms with Crippen molar-refractivity contribution in [3.63, 3.8) is 0 Å². The number of aryl methyl sites for hydroxylation is 2. The van der Waals surface area contributed by atoms with Gasteiger partial charge in [0.15, 0.2) is 5.76 Å². The molecule has 0 saturated carbocycles. The fourth-order valence-electron chi connectivity index (χ4n) is 2.78. The fraction of sp³-hybridized carbons (Fsp3) is 0.200. The summed E-state index contributed by atoms with van der Waals surface area (Å²) in [5.41, 5.74) is 0.243. The van der Waals surface area contributed by atoms with Crippen molar-refractivity contribution in [3.05, 3.63) is 45.3 Å². The van der Waals surface area contributed by atoms with E-state index in [1.807, 2.05) is 0 Å². The van der Waals surface area contributed by atoms with E-state index in [9.17, 15) is 9.59 Å². The van der Waals surface area contributed by atoms with Crippen LogP contribution in [0, 0.1) is 0 Å². The van der Waals surface area contributed by atoms with Gasteiger partial charge in [-0.1, -0.05) is 5.16 Å². The van der Waals surface area contributed by atoms with Crippen molar-refractivity contribution >= 4 is 11.0 Å². The van der Waals surface area contributed by atoms with Crippen molar-refractivity contribution in [1.82, 2.24) is 23.8 Å². The maximum atomic E-state index is 12.3. The van der Waals surface area contributed by atoms with Gasteiger partial charge in [0, 0.05) is 21.1 Å². The zero-order valence-corrected chi connectivity index (χ0v) is 13.2. The fourth-order valence-corrected chi connectivity index (χ4v) is 2.78. The quantitative estimate of drug-likeness (QED) is 0.542. The van der Waals surface area contributed by atoms with Gasteiger partial charge in [-0.3, -0.25) is 13.9 Å². The van der Waals surface area contributed by atoms with Crippen LogP contribution in [0.4, 0.5) is 0 Å². The molecule has 9 nitrogen and oxygen atoms in total. The van der Waals surface area contributed by atoms with Crippen LogP contribution in [0.25, 0.3) is 34.2 Å². The summed E-state index contributed by atoms with van der Waals surface area (Å²) in [6.45, 7) is 0. The third kappa shape index (κ3) is 1.81. The lowest BCUT2D eigenvalue weighted by Crippen LogP contribution is -2.37. The van der Waals surface area contributed by atoms with Crippen LogP contribution in [0.1, 0.15) is 0 Å². The Balaban J connectivity index is 1.97. The molecule has 0 unspecified atom stereocenters. The first-order valence-corrected chi connectivity index (χ1v) is 7.12. The molecular formula is C15H13N5O4. The topological polar surface area (TPSA) is 101 Å². The number of furan rings is 1. The van der Waals surface area contributed by atoms with E-state index in [-0.39, 0.29) is 11.4 Å². The summed E-state index contributed by atoms with van der Waals surface area (Å²) in [6, 6.07) is 5.08. The Hall–Kier alpha value is -3.36. The van der Waals surface area contributed by atoms with Gasteiger partial charge in [0.05, 0.1) is 11.6 Å². The van der Waals surface area contributed by atoms with Crippen LogP contribution in [0.5, 0.6) is 0 Å². The van der Waals surface area contributed by atoms with E-state index >= 15 is 0 Å². The average Bonchev–Trinajstić information content (AvgIpc) is 3.29. The number of rotatable bonds is 2. The van der Waals surface area contributed by atoms with Crippen molar-refractivity contribution < 1.29 is 8.94 Å². The summed E-state index contributed by atoms with van der Waals surface area (Å²) in [6.07, 6.45) is 1.52. The molecule has 0 aliphatic heterocycles. The SMILES string of the molecule is Cn1c(=O)c2cc(-c3nc(-c4ccco4)no3)n(C)c2n(C)c1=O. The largest absolute Gasteiger partial charge is 0.461 e. The van der Waals surface area contributed by atoms with Crippen molar-refractivity contribution in [2.24, 2.45) is 21.1 Å². The number of nitrogens with zero attached hydrogens (tertiary/aromatic N) is 5. The number of aromatic nitrogens is 5. The van der Waals surface area contributed by atoms with Crippen LogP contribution in [0.2, 0.25) is 0 Å². The molecule has 4 aromatic rings. The molecule has 0 aliphatic rings. The third-order valence-corrected chi connectivity index (χ3v) is 4.01. The molecule has 0 N–H and O–H groups in total. The van der Waals surface area contributed by atoms with E-state index in [0.29, 0.717) is 28.3 Å². The first-order chi connectivity index (χ1) is 11.5. The number of fused-ring (bicyclic) bond motifs is 1. The van der Waals surface area contributed by atoms with Crippen LogP contribution in [-0.2, 0) is 21.1 Å². The predicted octanol–water partition coefficient (Wildman–Crippen LogP) is 0.886. The molecule has 0 radical (unpaired) electrons. The summed E-state index contributed by atoms with van der Waals surface area (Å²) >= 11 is 0. The Kier molecular flexibility index (Phi) is 2.86. The summed E-state index contributed by atoms with van der Waals surface area (Å²) in [5, 5.41) is 4.28. The molecule has 122 valence electrons. The molecule has 0 spiro atoms. The van der Waals surface area contributed by atoms with Gasteiger partial charge in [-0.05, 0) is 18.2 Å². The average molecular weight is 327 g/mol. The van der Waals surface area contributed by atoms with Crippen molar-refractivity contribution in [2.45, 2.75) is 0 Å². The van der Waals surface area contributed by atoms with Gasteiger partial charge in [-0.15, -0.1) is 0 Å². The maximum Gasteiger partial charge on any atom is 0.332 e. The minimum atomic E-state index is -0.401. The predicted molar refractivity (Wildman–Crippen MR) is 84.4 cm³/mol. The molecule has 24 heavy (non-hydrogen) atoms. The molecular weight excluding hydrogens is 314 g/mol. The van der Waals surface area contributed by atoms with Gasteiger partial charge in [0.25, 0.3) is 11.4 Å². The summed E-state index contributed by atoms with van der Waals surface area (Å²) < 4.78 is 14.7. The lowest BCUT2D eigenvalue weighted by Gasteiger charge is -2.06. The Morgan fingerprint density at radius 1 is 1.08 bits per heavy atom. The highest BCUT2D eigenvalue weighted by Gasteiger charge is 2.20. The van der Waals surface area contributed by atoms with E-state index in [1.54, 1.807) is 36.9 Å². The molecule has 0 aliphatic carbocycles. The lowest BCUT2D eigenvalue weighted by molar-refractivity contribution is 0.427. The zero-order chi connectivity index (χ0) is 17.0. The molecule has 9 heteroatoms. The second kappa shape index (κ2) is 4.82. The molecule has 0 amide bonds.